The summed E-state index contributed by atoms with van der Waals surface area (Å²) in [5.41, 5.74) is 0.505. The van der Waals surface area contributed by atoms with E-state index in [-0.39, 0.29) is 24.1 Å². The fourth-order valence-electron chi connectivity index (χ4n) is 4.16. The van der Waals surface area contributed by atoms with Gasteiger partial charge in [0.1, 0.15) is 15.5 Å². The van der Waals surface area contributed by atoms with Gasteiger partial charge in [0.05, 0.1) is 5.39 Å². The van der Waals surface area contributed by atoms with Gasteiger partial charge in [0.2, 0.25) is 0 Å². The van der Waals surface area contributed by atoms with Gasteiger partial charge in [-0.2, -0.15) is 0 Å². The number of fused-ring (bicyclic) bond motifs is 2. The third-order valence-corrected chi connectivity index (χ3v) is 6.82. The molecule has 2 aromatic rings. The van der Waals surface area contributed by atoms with Crippen molar-refractivity contribution in [2.75, 3.05) is 6.61 Å². The van der Waals surface area contributed by atoms with Crippen LogP contribution in [-0.2, 0) is 22.5 Å². The van der Waals surface area contributed by atoms with Crippen molar-refractivity contribution in [2.45, 2.75) is 70.9 Å². The maximum absolute atomic E-state index is 12.7. The zero-order chi connectivity index (χ0) is 19.7. The highest BCUT2D eigenvalue weighted by Crippen LogP contribution is 2.29. The fourth-order valence-corrected chi connectivity index (χ4v) is 5.24. The van der Waals surface area contributed by atoms with Gasteiger partial charge in [0, 0.05) is 19.0 Å². The predicted octanol–water partition coefficient (Wildman–Crippen LogP) is 2.71. The maximum Gasteiger partial charge on any atom is 0.349 e. The zero-order valence-corrected chi connectivity index (χ0v) is 16.9. The number of hydrogen-bond donors (Lipinski definition) is 1. The second-order valence-electron chi connectivity index (χ2n) is 7.66. The number of aryl methyl sites for hydroxylation is 2. The molecule has 8 heteroatoms. The molecule has 150 valence electrons. The number of nitrogens with zero attached hydrogens (tertiary/aromatic N) is 2. The Morgan fingerprint density at radius 2 is 1.96 bits per heavy atom. The Bertz CT molecular complexity index is 970. The van der Waals surface area contributed by atoms with Crippen molar-refractivity contribution in [1.29, 1.82) is 0 Å². The SMILES string of the molecule is Cc1c(C(=O)OCC(=O)NC2CCCCCC2)sc2nc3n(c(=O)c12)CCC3. The molecule has 2 aliphatic rings. The van der Waals surface area contributed by atoms with Gasteiger partial charge in [-0.25, -0.2) is 9.78 Å². The predicted molar refractivity (Wildman–Crippen MR) is 107 cm³/mol. The highest BCUT2D eigenvalue weighted by atomic mass is 32.1. The Balaban J connectivity index is 1.44. The third kappa shape index (κ3) is 3.70. The Morgan fingerprint density at radius 3 is 2.71 bits per heavy atom. The van der Waals surface area contributed by atoms with E-state index in [0.29, 0.717) is 27.2 Å². The molecule has 1 aliphatic carbocycles. The quantitative estimate of drug-likeness (QED) is 0.626. The van der Waals surface area contributed by atoms with Gasteiger partial charge in [-0.05, 0) is 31.7 Å². The molecule has 0 radical (unpaired) electrons. The lowest BCUT2D eigenvalue weighted by atomic mass is 10.1. The number of thiophene rings is 1. The van der Waals surface area contributed by atoms with Crippen molar-refractivity contribution in [2.24, 2.45) is 0 Å². The molecule has 0 unspecified atom stereocenters. The number of hydrogen-bond acceptors (Lipinski definition) is 6. The molecule has 1 saturated carbocycles. The first-order chi connectivity index (χ1) is 13.5. The molecule has 0 aromatic carbocycles. The van der Waals surface area contributed by atoms with Crippen LogP contribution >= 0.6 is 11.3 Å². The summed E-state index contributed by atoms with van der Waals surface area (Å²) in [6.45, 7) is 2.12. The monoisotopic (exact) mass is 403 g/mol. The lowest BCUT2D eigenvalue weighted by Crippen LogP contribution is -2.37. The third-order valence-electron chi connectivity index (χ3n) is 5.65. The Labute approximate surface area is 167 Å². The molecule has 2 aromatic heterocycles. The molecule has 1 fully saturated rings. The Morgan fingerprint density at radius 1 is 1.21 bits per heavy atom. The molecule has 4 rings (SSSR count). The van der Waals surface area contributed by atoms with Gasteiger partial charge in [0.15, 0.2) is 6.61 Å². The van der Waals surface area contributed by atoms with E-state index < -0.39 is 5.97 Å². The van der Waals surface area contributed by atoms with Crippen molar-refractivity contribution in [3.63, 3.8) is 0 Å². The molecular weight excluding hydrogens is 378 g/mol. The number of ether oxygens (including phenoxy) is 1. The number of rotatable bonds is 4. The minimum atomic E-state index is -0.568. The molecular formula is C20H25N3O4S. The Kier molecular flexibility index (Phi) is 5.48. The van der Waals surface area contributed by atoms with Crippen molar-refractivity contribution < 1.29 is 14.3 Å². The van der Waals surface area contributed by atoms with Crippen LogP contribution in [0, 0.1) is 6.92 Å². The molecule has 7 nitrogen and oxygen atoms in total. The van der Waals surface area contributed by atoms with E-state index >= 15 is 0 Å². The van der Waals surface area contributed by atoms with E-state index in [2.05, 4.69) is 10.3 Å². The van der Waals surface area contributed by atoms with E-state index in [0.717, 1.165) is 44.3 Å². The molecule has 1 N–H and O–H groups in total. The van der Waals surface area contributed by atoms with Crippen LogP contribution < -0.4 is 10.9 Å². The summed E-state index contributed by atoms with van der Waals surface area (Å²) in [6.07, 6.45) is 8.34. The normalized spacial score (nSPS) is 17.3. The largest absolute Gasteiger partial charge is 0.451 e. The number of nitrogens with one attached hydrogen (secondary N) is 1. The molecule has 1 aliphatic heterocycles. The maximum atomic E-state index is 12.7. The Hall–Kier alpha value is -2.22. The summed E-state index contributed by atoms with van der Waals surface area (Å²) in [5.74, 6) is -0.0568. The molecule has 1 amide bonds. The molecule has 28 heavy (non-hydrogen) atoms. The van der Waals surface area contributed by atoms with Gasteiger partial charge in [-0.3, -0.25) is 14.2 Å². The van der Waals surface area contributed by atoms with Crippen LogP contribution in [0.2, 0.25) is 0 Å². The number of carbonyl (C=O) groups is 2. The highest BCUT2D eigenvalue weighted by Gasteiger charge is 2.24. The first-order valence-corrected chi connectivity index (χ1v) is 10.9. The van der Waals surface area contributed by atoms with E-state index in [1.54, 1.807) is 11.5 Å². The summed E-state index contributed by atoms with van der Waals surface area (Å²) < 4.78 is 6.93. The van der Waals surface area contributed by atoms with Crippen LogP contribution in [-0.4, -0.2) is 34.1 Å². The van der Waals surface area contributed by atoms with Crippen LogP contribution in [0.4, 0.5) is 0 Å². The molecule has 3 heterocycles. The lowest BCUT2D eigenvalue weighted by molar-refractivity contribution is -0.125. The smallest absolute Gasteiger partial charge is 0.349 e. The standard InChI is InChI=1S/C20H25N3O4S/c1-12-16-18(22-14-9-6-10-23(14)19(16)25)28-17(12)20(26)27-11-15(24)21-13-7-4-2-3-5-8-13/h13H,2-11H2,1H3,(H,21,24). The van der Waals surface area contributed by atoms with Crippen molar-refractivity contribution in [1.82, 2.24) is 14.9 Å². The highest BCUT2D eigenvalue weighted by molar-refractivity contribution is 7.20. The summed E-state index contributed by atoms with van der Waals surface area (Å²) in [5, 5.41) is 3.46. The van der Waals surface area contributed by atoms with Gasteiger partial charge < -0.3 is 10.1 Å². The van der Waals surface area contributed by atoms with E-state index in [9.17, 15) is 14.4 Å². The van der Waals surface area contributed by atoms with Crippen LogP contribution in [0.15, 0.2) is 4.79 Å². The first kappa shape index (κ1) is 19.1. The van der Waals surface area contributed by atoms with Crippen LogP contribution in [0.25, 0.3) is 10.2 Å². The topological polar surface area (TPSA) is 90.3 Å². The van der Waals surface area contributed by atoms with Crippen molar-refractivity contribution in [3.05, 3.63) is 26.6 Å². The second-order valence-corrected chi connectivity index (χ2v) is 8.66. The van der Waals surface area contributed by atoms with E-state index in [1.807, 2.05) is 0 Å². The van der Waals surface area contributed by atoms with Gasteiger partial charge in [-0.1, -0.05) is 25.7 Å². The van der Waals surface area contributed by atoms with Gasteiger partial charge in [0.25, 0.3) is 11.5 Å². The average molecular weight is 404 g/mol. The summed E-state index contributed by atoms with van der Waals surface area (Å²) in [6, 6.07) is 0.173. The molecule has 0 spiro atoms. The van der Waals surface area contributed by atoms with Gasteiger partial charge in [-0.15, -0.1) is 11.3 Å². The molecule has 0 bridgehead atoms. The number of amides is 1. The van der Waals surface area contributed by atoms with Crippen LogP contribution in [0.1, 0.15) is 66.0 Å². The van der Waals surface area contributed by atoms with E-state index in [1.165, 1.54) is 24.2 Å². The van der Waals surface area contributed by atoms with Crippen LogP contribution in [0.3, 0.4) is 0 Å². The summed E-state index contributed by atoms with van der Waals surface area (Å²) in [4.78, 5) is 42.9. The average Bonchev–Trinajstić information content (AvgIpc) is 3.18. The van der Waals surface area contributed by atoms with Gasteiger partial charge >= 0.3 is 5.97 Å². The van der Waals surface area contributed by atoms with Crippen molar-refractivity contribution >= 4 is 33.4 Å². The fraction of sp³-hybridized carbons (Fsp3) is 0.600. The minimum Gasteiger partial charge on any atom is -0.451 e. The lowest BCUT2D eigenvalue weighted by Gasteiger charge is -2.16. The summed E-state index contributed by atoms with van der Waals surface area (Å²) in [7, 11) is 0. The van der Waals surface area contributed by atoms with Crippen molar-refractivity contribution in [3.8, 4) is 0 Å². The zero-order valence-electron chi connectivity index (χ0n) is 16.1. The van der Waals surface area contributed by atoms with Crippen LogP contribution in [0.5, 0.6) is 0 Å². The molecule has 0 saturated heterocycles. The number of carbonyl (C=O) groups excluding carboxylic acids is 2. The summed E-state index contributed by atoms with van der Waals surface area (Å²) >= 11 is 1.17. The second kappa shape index (κ2) is 8.03. The van der Waals surface area contributed by atoms with E-state index in [4.69, 9.17) is 4.74 Å². The molecule has 0 atom stereocenters. The number of esters is 1. The first-order valence-electron chi connectivity index (χ1n) is 10.0. The minimum absolute atomic E-state index is 0.0867. The number of aromatic nitrogens is 2.